The standard InChI is InChI=1S/C23H19FN2O/c1-2-16-4-3-5-20-19-12-11-18(14-21(19)26-23(16)20)25-22(27)13-8-15-6-9-17(24)10-7-15/h3-14,26H,2H2,1H3,(H,25,27)/b13-8+. The number of aromatic amines is 1. The molecule has 0 aliphatic heterocycles. The topological polar surface area (TPSA) is 44.9 Å². The van der Waals surface area contributed by atoms with Crippen LogP contribution in [0.3, 0.4) is 0 Å². The number of fused-ring (bicyclic) bond motifs is 3. The van der Waals surface area contributed by atoms with E-state index in [4.69, 9.17) is 0 Å². The van der Waals surface area contributed by atoms with E-state index < -0.39 is 0 Å². The minimum Gasteiger partial charge on any atom is -0.354 e. The summed E-state index contributed by atoms with van der Waals surface area (Å²) in [6.45, 7) is 2.14. The molecule has 4 rings (SSSR count). The highest BCUT2D eigenvalue weighted by molar-refractivity contribution is 6.10. The van der Waals surface area contributed by atoms with Crippen LogP contribution in [0.1, 0.15) is 18.1 Å². The van der Waals surface area contributed by atoms with Crippen LogP contribution in [-0.4, -0.2) is 10.9 Å². The van der Waals surface area contributed by atoms with Gasteiger partial charge in [0.15, 0.2) is 0 Å². The fourth-order valence-corrected chi connectivity index (χ4v) is 3.29. The number of nitrogens with one attached hydrogen (secondary N) is 2. The molecule has 1 aromatic heterocycles. The molecule has 0 spiro atoms. The number of anilines is 1. The second-order valence-electron chi connectivity index (χ2n) is 6.45. The summed E-state index contributed by atoms with van der Waals surface area (Å²) in [5, 5.41) is 5.20. The molecule has 0 radical (unpaired) electrons. The molecule has 4 aromatic rings. The Morgan fingerprint density at radius 1 is 1.07 bits per heavy atom. The maximum absolute atomic E-state index is 12.9. The van der Waals surface area contributed by atoms with Crippen molar-refractivity contribution >= 4 is 39.5 Å². The molecule has 3 aromatic carbocycles. The van der Waals surface area contributed by atoms with Crippen molar-refractivity contribution < 1.29 is 9.18 Å². The second kappa shape index (κ2) is 7.08. The van der Waals surface area contributed by atoms with Crippen molar-refractivity contribution in [2.45, 2.75) is 13.3 Å². The van der Waals surface area contributed by atoms with Crippen molar-refractivity contribution in [3.63, 3.8) is 0 Å². The smallest absolute Gasteiger partial charge is 0.248 e. The Labute approximate surface area is 156 Å². The highest BCUT2D eigenvalue weighted by Crippen LogP contribution is 2.29. The third kappa shape index (κ3) is 3.47. The molecule has 27 heavy (non-hydrogen) atoms. The number of halogens is 1. The van der Waals surface area contributed by atoms with E-state index in [0.29, 0.717) is 0 Å². The van der Waals surface area contributed by atoms with Gasteiger partial charge in [0, 0.05) is 33.6 Å². The Balaban J connectivity index is 1.57. The summed E-state index contributed by atoms with van der Waals surface area (Å²) in [6, 6.07) is 18.2. The maximum Gasteiger partial charge on any atom is 0.248 e. The predicted octanol–water partition coefficient (Wildman–Crippen LogP) is 5.67. The normalized spacial score (nSPS) is 11.5. The molecule has 2 N–H and O–H groups in total. The Morgan fingerprint density at radius 2 is 1.89 bits per heavy atom. The SMILES string of the molecule is CCc1cccc2c1[nH]c1cc(NC(=O)/C=C/c3ccc(F)cc3)ccc12. The minimum atomic E-state index is -0.297. The third-order valence-corrected chi connectivity index (χ3v) is 4.67. The van der Waals surface area contributed by atoms with Gasteiger partial charge in [-0.1, -0.05) is 43.3 Å². The molecule has 4 heteroatoms. The summed E-state index contributed by atoms with van der Waals surface area (Å²) < 4.78 is 12.9. The molecule has 0 saturated carbocycles. The predicted molar refractivity (Wildman–Crippen MR) is 109 cm³/mol. The Kier molecular flexibility index (Phi) is 4.47. The first kappa shape index (κ1) is 17.0. The number of aryl methyl sites for hydroxylation is 1. The molecule has 0 atom stereocenters. The van der Waals surface area contributed by atoms with Crippen molar-refractivity contribution in [2.75, 3.05) is 5.32 Å². The number of carbonyl (C=O) groups excluding carboxylic acids is 1. The van der Waals surface area contributed by atoms with Crippen LogP contribution in [0.4, 0.5) is 10.1 Å². The second-order valence-corrected chi connectivity index (χ2v) is 6.45. The van der Waals surface area contributed by atoms with Gasteiger partial charge in [-0.15, -0.1) is 0 Å². The van der Waals surface area contributed by atoms with E-state index in [9.17, 15) is 9.18 Å². The van der Waals surface area contributed by atoms with Crippen molar-refractivity contribution in [3.8, 4) is 0 Å². The molecule has 0 aliphatic rings. The zero-order valence-electron chi connectivity index (χ0n) is 14.9. The van der Waals surface area contributed by atoms with E-state index in [1.165, 1.54) is 29.2 Å². The van der Waals surface area contributed by atoms with Gasteiger partial charge in [-0.2, -0.15) is 0 Å². The number of hydrogen-bond acceptors (Lipinski definition) is 1. The van der Waals surface area contributed by atoms with Gasteiger partial charge in [-0.3, -0.25) is 4.79 Å². The summed E-state index contributed by atoms with van der Waals surface area (Å²) in [6.07, 6.45) is 4.06. The van der Waals surface area contributed by atoms with E-state index >= 15 is 0 Å². The number of benzene rings is 3. The van der Waals surface area contributed by atoms with Crippen molar-refractivity contribution in [2.24, 2.45) is 0 Å². The molecule has 0 unspecified atom stereocenters. The van der Waals surface area contributed by atoms with Crippen LogP contribution in [0.25, 0.3) is 27.9 Å². The van der Waals surface area contributed by atoms with Gasteiger partial charge in [-0.05, 0) is 47.9 Å². The molecule has 1 amide bonds. The van der Waals surface area contributed by atoms with Gasteiger partial charge in [0.05, 0.1) is 0 Å². The van der Waals surface area contributed by atoms with Crippen LogP contribution in [0.5, 0.6) is 0 Å². The Bertz CT molecular complexity index is 1160. The number of para-hydroxylation sites is 1. The van der Waals surface area contributed by atoms with E-state index in [1.807, 2.05) is 18.2 Å². The van der Waals surface area contributed by atoms with Crippen LogP contribution in [0.15, 0.2) is 66.7 Å². The third-order valence-electron chi connectivity index (χ3n) is 4.67. The van der Waals surface area contributed by atoms with Gasteiger partial charge in [-0.25, -0.2) is 4.39 Å². The number of aromatic nitrogens is 1. The summed E-state index contributed by atoms with van der Waals surface area (Å²) in [5.41, 5.74) is 4.91. The molecule has 1 heterocycles. The van der Waals surface area contributed by atoms with Crippen LogP contribution < -0.4 is 5.32 Å². The number of hydrogen-bond donors (Lipinski definition) is 2. The van der Waals surface area contributed by atoms with Crippen LogP contribution in [0.2, 0.25) is 0 Å². The molecule has 3 nitrogen and oxygen atoms in total. The number of carbonyl (C=O) groups is 1. The molecule has 0 aliphatic carbocycles. The zero-order chi connectivity index (χ0) is 18.8. The molecule has 134 valence electrons. The first-order valence-corrected chi connectivity index (χ1v) is 8.92. The van der Waals surface area contributed by atoms with Gasteiger partial charge < -0.3 is 10.3 Å². The van der Waals surface area contributed by atoms with E-state index in [0.717, 1.165) is 34.1 Å². The average Bonchev–Trinajstić information content (AvgIpc) is 3.05. The maximum atomic E-state index is 12.9. The molecule has 0 bridgehead atoms. The molecule has 0 saturated heterocycles. The molecule has 0 fully saturated rings. The number of amides is 1. The lowest BCUT2D eigenvalue weighted by molar-refractivity contribution is -0.111. The fourth-order valence-electron chi connectivity index (χ4n) is 3.29. The lowest BCUT2D eigenvalue weighted by Crippen LogP contribution is -2.07. The van der Waals surface area contributed by atoms with Crippen molar-refractivity contribution in [1.82, 2.24) is 4.98 Å². The lowest BCUT2D eigenvalue weighted by atomic mass is 10.1. The van der Waals surface area contributed by atoms with E-state index in [1.54, 1.807) is 18.2 Å². The molecular weight excluding hydrogens is 339 g/mol. The van der Waals surface area contributed by atoms with Crippen LogP contribution in [0, 0.1) is 5.82 Å². The van der Waals surface area contributed by atoms with Gasteiger partial charge in [0.1, 0.15) is 5.82 Å². The van der Waals surface area contributed by atoms with Crippen molar-refractivity contribution in [1.29, 1.82) is 0 Å². The quantitative estimate of drug-likeness (QED) is 0.453. The highest BCUT2D eigenvalue weighted by Gasteiger charge is 2.08. The highest BCUT2D eigenvalue weighted by atomic mass is 19.1. The number of rotatable bonds is 4. The van der Waals surface area contributed by atoms with E-state index in [-0.39, 0.29) is 11.7 Å². The van der Waals surface area contributed by atoms with Gasteiger partial charge in [0.2, 0.25) is 5.91 Å². The summed E-state index contributed by atoms with van der Waals surface area (Å²) in [4.78, 5) is 15.6. The largest absolute Gasteiger partial charge is 0.354 e. The Hall–Kier alpha value is -3.40. The average molecular weight is 358 g/mol. The molecular formula is C23H19FN2O. The summed E-state index contributed by atoms with van der Waals surface area (Å²) >= 11 is 0. The minimum absolute atomic E-state index is 0.232. The van der Waals surface area contributed by atoms with Crippen LogP contribution >= 0.6 is 0 Å². The summed E-state index contributed by atoms with van der Waals surface area (Å²) in [7, 11) is 0. The van der Waals surface area contributed by atoms with Crippen molar-refractivity contribution in [3.05, 3.63) is 83.7 Å². The van der Waals surface area contributed by atoms with Gasteiger partial charge in [0.25, 0.3) is 0 Å². The Morgan fingerprint density at radius 3 is 2.67 bits per heavy atom. The monoisotopic (exact) mass is 358 g/mol. The van der Waals surface area contributed by atoms with Crippen LogP contribution in [-0.2, 0) is 11.2 Å². The first-order chi connectivity index (χ1) is 13.1. The first-order valence-electron chi connectivity index (χ1n) is 8.92. The lowest BCUT2D eigenvalue weighted by Gasteiger charge is -2.02. The van der Waals surface area contributed by atoms with Gasteiger partial charge >= 0.3 is 0 Å². The zero-order valence-corrected chi connectivity index (χ0v) is 14.9. The van der Waals surface area contributed by atoms with E-state index in [2.05, 4.69) is 35.4 Å². The number of H-pyrrole nitrogens is 1. The fraction of sp³-hybridized carbons (Fsp3) is 0.0870. The summed E-state index contributed by atoms with van der Waals surface area (Å²) in [5.74, 6) is -0.529.